The van der Waals surface area contributed by atoms with E-state index in [1.54, 1.807) is 0 Å². The molecule has 0 aromatic carbocycles. The van der Waals surface area contributed by atoms with Crippen LogP contribution in [0.3, 0.4) is 0 Å². The fourth-order valence-electron chi connectivity index (χ4n) is 0.677. The van der Waals surface area contributed by atoms with Crippen LogP contribution in [0.25, 0.3) is 0 Å². The van der Waals surface area contributed by atoms with Gasteiger partial charge in [0.25, 0.3) is 0 Å². The molecule has 0 aromatic rings. The minimum atomic E-state index is 0. The third kappa shape index (κ3) is 17.6. The molecule has 58 valence electrons. The van der Waals surface area contributed by atoms with Crippen molar-refractivity contribution in [3.05, 3.63) is 0 Å². The van der Waals surface area contributed by atoms with Gasteiger partial charge in [0, 0.05) is 0 Å². The highest BCUT2D eigenvalue weighted by Gasteiger charge is 1.80. The molecule has 0 aliphatic rings. The lowest BCUT2D eigenvalue weighted by Gasteiger charge is -1.90. The van der Waals surface area contributed by atoms with Gasteiger partial charge in [0.1, 0.15) is 0 Å². The van der Waals surface area contributed by atoms with Crippen molar-refractivity contribution in [1.29, 1.82) is 0 Å². The standard InChI is InChI=1S/C6H13.Al.2ClH.2H/c1-3-5-6-4-2;;;;;/h1,3-6H2,2H3;;2*1H;;. The fraction of sp³-hybridized carbons (Fsp3) is 1.00. The second-order valence-electron chi connectivity index (χ2n) is 2.06. The van der Waals surface area contributed by atoms with E-state index in [0.29, 0.717) is 0 Å². The van der Waals surface area contributed by atoms with Gasteiger partial charge in [-0.3, -0.25) is 0 Å². The Kier molecular flexibility index (Phi) is 29.6. The van der Waals surface area contributed by atoms with E-state index in [9.17, 15) is 0 Å². The molecular formula is C6H17AlCl2. The van der Waals surface area contributed by atoms with Gasteiger partial charge in [-0.1, -0.05) is 32.6 Å². The third-order valence-corrected chi connectivity index (χ3v) is 1.91. The maximum absolute atomic E-state index is 2.26. The molecule has 0 nitrogen and oxygen atoms in total. The summed E-state index contributed by atoms with van der Waals surface area (Å²) in [5.74, 6) is 0. The second kappa shape index (κ2) is 16.1. The van der Waals surface area contributed by atoms with Crippen LogP contribution in [-0.2, 0) is 0 Å². The quantitative estimate of drug-likeness (QED) is 0.468. The number of hydrogen-bond acceptors (Lipinski definition) is 0. The van der Waals surface area contributed by atoms with Crippen molar-refractivity contribution in [1.82, 2.24) is 0 Å². The summed E-state index contributed by atoms with van der Waals surface area (Å²) in [5.41, 5.74) is 0. The van der Waals surface area contributed by atoms with E-state index in [-0.39, 0.29) is 24.8 Å². The molecule has 0 spiro atoms. The molecule has 3 heteroatoms. The van der Waals surface area contributed by atoms with Crippen LogP contribution in [0.1, 0.15) is 32.6 Å². The zero-order chi connectivity index (χ0) is 5.54. The van der Waals surface area contributed by atoms with Gasteiger partial charge >= 0.3 is 0 Å². The highest BCUT2D eigenvalue weighted by Crippen LogP contribution is 1.99. The lowest BCUT2D eigenvalue weighted by atomic mass is 10.2. The monoisotopic (exact) mass is 186 g/mol. The van der Waals surface area contributed by atoms with Gasteiger partial charge in [-0.25, -0.2) is 0 Å². The van der Waals surface area contributed by atoms with Gasteiger partial charge < -0.3 is 0 Å². The van der Waals surface area contributed by atoms with Crippen LogP contribution in [0.2, 0.25) is 5.28 Å². The fourth-order valence-corrected chi connectivity index (χ4v) is 1.18. The van der Waals surface area contributed by atoms with Crippen LogP contribution in [-0.4, -0.2) is 16.3 Å². The van der Waals surface area contributed by atoms with Crippen LogP contribution < -0.4 is 0 Å². The summed E-state index contributed by atoms with van der Waals surface area (Å²) in [6.45, 7) is 2.26. The van der Waals surface area contributed by atoms with Gasteiger partial charge in [-0.2, -0.15) is 0 Å². The molecule has 0 rings (SSSR count). The third-order valence-electron chi connectivity index (χ3n) is 1.21. The van der Waals surface area contributed by atoms with E-state index in [1.807, 2.05) is 0 Å². The first-order valence-corrected chi connectivity index (χ1v) is 4.83. The van der Waals surface area contributed by atoms with Crippen LogP contribution in [0.5, 0.6) is 0 Å². The Morgan fingerprint density at radius 1 is 1.00 bits per heavy atom. The molecular weight excluding hydrogens is 170 g/mol. The summed E-state index contributed by atoms with van der Waals surface area (Å²) in [4.78, 5) is 0. The molecule has 0 saturated carbocycles. The molecule has 0 fully saturated rings. The minimum absolute atomic E-state index is 0. The lowest BCUT2D eigenvalue weighted by molar-refractivity contribution is 0.701. The average molecular weight is 187 g/mol. The second-order valence-corrected chi connectivity index (χ2v) is 3.06. The van der Waals surface area contributed by atoms with Crippen molar-refractivity contribution in [2.75, 3.05) is 0 Å². The average Bonchev–Trinajstić information content (AvgIpc) is 1.69. The Morgan fingerprint density at radius 3 is 1.89 bits per heavy atom. The molecule has 0 atom stereocenters. The zero-order valence-electron chi connectivity index (χ0n) is 6.35. The molecule has 0 aliphatic heterocycles. The first kappa shape index (κ1) is 16.6. The Bertz CT molecular complexity index is 30.2. The first-order valence-electron chi connectivity index (χ1n) is 3.41. The summed E-state index contributed by atoms with van der Waals surface area (Å²) in [6.07, 6.45) is 5.78. The van der Waals surface area contributed by atoms with Crippen LogP contribution in [0.4, 0.5) is 0 Å². The van der Waals surface area contributed by atoms with Crippen molar-refractivity contribution in [2.24, 2.45) is 0 Å². The van der Waals surface area contributed by atoms with Gasteiger partial charge in [-0.15, -0.1) is 30.1 Å². The van der Waals surface area contributed by atoms with Gasteiger partial charge in [0.15, 0.2) is 0 Å². The normalized spacial score (nSPS) is 7.22. The van der Waals surface area contributed by atoms with Crippen LogP contribution in [0.15, 0.2) is 0 Å². The molecule has 0 aliphatic carbocycles. The summed E-state index contributed by atoms with van der Waals surface area (Å²) in [7, 11) is 0. The molecule has 0 radical (unpaired) electrons. The molecule has 0 amide bonds. The number of halogens is 2. The highest BCUT2D eigenvalue weighted by molar-refractivity contribution is 6.08. The summed E-state index contributed by atoms with van der Waals surface area (Å²) >= 11 is 1.41. The molecule has 9 heavy (non-hydrogen) atoms. The van der Waals surface area contributed by atoms with E-state index in [2.05, 4.69) is 6.92 Å². The van der Waals surface area contributed by atoms with Gasteiger partial charge in [0.2, 0.25) is 16.3 Å². The van der Waals surface area contributed by atoms with Crippen molar-refractivity contribution in [3.63, 3.8) is 0 Å². The molecule has 0 bridgehead atoms. The van der Waals surface area contributed by atoms with Crippen LogP contribution in [0, 0.1) is 0 Å². The summed E-state index contributed by atoms with van der Waals surface area (Å²) < 4.78 is 0. The van der Waals surface area contributed by atoms with Gasteiger partial charge in [-0.05, 0) is 0 Å². The number of rotatable bonds is 4. The Morgan fingerprint density at radius 2 is 1.56 bits per heavy atom. The molecule has 0 aromatic heterocycles. The molecule has 0 heterocycles. The minimum Gasteiger partial charge on any atom is -0.147 e. The van der Waals surface area contributed by atoms with Crippen LogP contribution >= 0.6 is 24.8 Å². The Hall–Kier alpha value is 1.11. The van der Waals surface area contributed by atoms with E-state index in [0.717, 1.165) is 0 Å². The maximum atomic E-state index is 2.26. The molecule has 0 unspecified atom stereocenters. The maximum Gasteiger partial charge on any atom is 0.211 e. The zero-order valence-corrected chi connectivity index (χ0v) is 9.99. The van der Waals surface area contributed by atoms with Gasteiger partial charge in [0.05, 0.1) is 0 Å². The number of unbranched alkanes of at least 4 members (excludes halogenated alkanes) is 3. The van der Waals surface area contributed by atoms with E-state index < -0.39 is 0 Å². The summed E-state index contributed by atoms with van der Waals surface area (Å²) in [6, 6.07) is 0. The van der Waals surface area contributed by atoms with E-state index in [1.165, 1.54) is 47.3 Å². The topological polar surface area (TPSA) is 0 Å². The largest absolute Gasteiger partial charge is 0.211 e. The predicted molar refractivity (Wildman–Crippen MR) is 52.0 cm³/mol. The van der Waals surface area contributed by atoms with Crippen molar-refractivity contribution in [3.8, 4) is 0 Å². The van der Waals surface area contributed by atoms with Crippen molar-refractivity contribution >= 4 is 41.1 Å². The summed E-state index contributed by atoms with van der Waals surface area (Å²) in [5, 5.41) is 1.50. The van der Waals surface area contributed by atoms with E-state index in [4.69, 9.17) is 0 Å². The SMILES string of the molecule is CCCCC[CH2][AlH2].Cl.Cl. The van der Waals surface area contributed by atoms with Crippen molar-refractivity contribution < 1.29 is 0 Å². The van der Waals surface area contributed by atoms with E-state index >= 15 is 0 Å². The molecule has 0 N–H and O–H groups in total. The number of hydrogen-bond donors (Lipinski definition) is 0. The molecule has 0 saturated heterocycles. The lowest BCUT2D eigenvalue weighted by Crippen LogP contribution is -1.72. The Balaban J connectivity index is -0.000000180. The predicted octanol–water partition coefficient (Wildman–Crippen LogP) is 2.46. The highest BCUT2D eigenvalue weighted by atomic mass is 35.5. The Labute approximate surface area is 79.0 Å². The van der Waals surface area contributed by atoms with Crippen molar-refractivity contribution in [2.45, 2.75) is 37.9 Å². The first-order chi connectivity index (χ1) is 3.41. The smallest absolute Gasteiger partial charge is 0.147 e.